The normalized spacial score (nSPS) is 29.7. The molecule has 0 saturated heterocycles. The fraction of sp³-hybridized carbons (Fsp3) is 0.533. The average molecular weight is 251 g/mol. The van der Waals surface area contributed by atoms with Crippen molar-refractivity contribution in [2.45, 2.75) is 25.7 Å². The number of likely N-dealkylation sites (N-methyl/N-ethyl adjacent to an activating group) is 1. The van der Waals surface area contributed by atoms with Crippen LogP contribution < -0.4 is 5.73 Å². The minimum Gasteiger partial charge on any atom is -0.342 e. The van der Waals surface area contributed by atoms with Crippen molar-refractivity contribution in [3.8, 4) is 0 Å². The highest BCUT2D eigenvalue weighted by Gasteiger charge is 2.61. The molecule has 2 rings (SSSR count). The number of amides is 1. The van der Waals surface area contributed by atoms with Gasteiger partial charge in [-0.25, -0.2) is 0 Å². The van der Waals surface area contributed by atoms with Crippen molar-refractivity contribution in [1.29, 1.82) is 0 Å². The molecule has 2 atom stereocenters. The summed E-state index contributed by atoms with van der Waals surface area (Å²) in [5.41, 5.74) is 4.75. The lowest BCUT2D eigenvalue weighted by molar-refractivity contribution is -0.134. The van der Waals surface area contributed by atoms with Gasteiger partial charge in [0.1, 0.15) is 0 Å². The Hall–Kier alpha value is -1.35. The number of hydrogen-bond acceptors (Lipinski definition) is 2. The lowest BCUT2D eigenvalue weighted by atomic mass is 9.91. The maximum Gasteiger partial charge on any atom is 0.233 e. The van der Waals surface area contributed by atoms with E-state index >= 15 is 0 Å². The van der Waals surface area contributed by atoms with Crippen LogP contribution in [0.5, 0.6) is 0 Å². The van der Waals surface area contributed by atoms with Crippen LogP contribution in [0.25, 0.3) is 0 Å². The summed E-state index contributed by atoms with van der Waals surface area (Å²) in [4.78, 5) is 14.6. The van der Waals surface area contributed by atoms with Crippen molar-refractivity contribution in [2.75, 3.05) is 19.6 Å². The van der Waals surface area contributed by atoms with Gasteiger partial charge in [0.05, 0.1) is 12.3 Å². The number of carbonyl (C=O) groups is 1. The van der Waals surface area contributed by atoms with Crippen LogP contribution in [0.2, 0.25) is 0 Å². The van der Waals surface area contributed by atoms with Gasteiger partial charge in [-0.05, 0) is 38.3 Å². The van der Waals surface area contributed by atoms with Crippen molar-refractivity contribution in [1.82, 2.24) is 4.90 Å². The smallest absolute Gasteiger partial charge is 0.233 e. The molecule has 0 radical (unpaired) electrons. The second-order valence-corrected chi connectivity index (χ2v) is 4.59. The summed E-state index contributed by atoms with van der Waals surface area (Å²) in [6.45, 7) is 4.98. The summed E-state index contributed by atoms with van der Waals surface area (Å²) in [7, 11) is 0. The molecule has 1 fully saturated rings. The van der Waals surface area contributed by atoms with Crippen LogP contribution >= 0.6 is 0 Å². The third-order valence-electron chi connectivity index (χ3n) is 3.77. The lowest BCUT2D eigenvalue weighted by Crippen LogP contribution is -2.40. The number of carbonyl (C=O) groups excluding carboxylic acids is 1. The fourth-order valence-electron chi connectivity index (χ4n) is 2.56. The number of nitrogens with zero attached hydrogens (tertiary/aromatic N) is 1. The number of benzene rings is 1. The lowest BCUT2D eigenvalue weighted by Gasteiger charge is -2.26. The van der Waals surface area contributed by atoms with Crippen molar-refractivity contribution in [2.24, 2.45) is 11.7 Å². The zero-order chi connectivity index (χ0) is 17.5. The molecule has 1 aromatic rings. The molecule has 1 aromatic carbocycles. The Morgan fingerprint density at radius 2 is 2.06 bits per heavy atom. The predicted molar refractivity (Wildman–Crippen MR) is 73.2 cm³/mol. The van der Waals surface area contributed by atoms with Crippen LogP contribution in [0, 0.1) is 5.92 Å². The van der Waals surface area contributed by atoms with E-state index in [0.717, 1.165) is 0 Å². The first-order chi connectivity index (χ1) is 10.8. The van der Waals surface area contributed by atoms with Gasteiger partial charge >= 0.3 is 0 Å². The molecule has 0 aliphatic heterocycles. The molecular weight excluding hydrogens is 224 g/mol. The van der Waals surface area contributed by atoms with E-state index in [0.29, 0.717) is 19.5 Å². The van der Waals surface area contributed by atoms with Gasteiger partial charge in [0.15, 0.2) is 0 Å². The van der Waals surface area contributed by atoms with Crippen molar-refractivity contribution in [3.05, 3.63) is 35.8 Å². The van der Waals surface area contributed by atoms with Gasteiger partial charge in [-0.15, -0.1) is 0 Å². The Bertz CT molecular complexity index is 618. The van der Waals surface area contributed by atoms with E-state index in [9.17, 15) is 4.79 Å². The van der Waals surface area contributed by atoms with Crippen LogP contribution in [0.1, 0.15) is 32.7 Å². The van der Waals surface area contributed by atoms with Crippen molar-refractivity contribution >= 4 is 5.91 Å². The minimum atomic E-state index is -1.09. The van der Waals surface area contributed by atoms with Gasteiger partial charge in [-0.2, -0.15) is 0 Å². The first kappa shape index (κ1) is 7.95. The molecule has 1 aliphatic carbocycles. The summed E-state index contributed by atoms with van der Waals surface area (Å²) in [5, 5.41) is 0. The molecule has 0 spiro atoms. The zero-order valence-electron chi connectivity index (χ0n) is 15.8. The first-order valence-corrected chi connectivity index (χ1v) is 6.34. The highest BCUT2D eigenvalue weighted by molar-refractivity contribution is 5.92. The second kappa shape index (κ2) is 5.11. The van der Waals surface area contributed by atoms with Crippen molar-refractivity contribution < 1.29 is 11.6 Å². The molecule has 3 nitrogen and oxygen atoms in total. The Balaban J connectivity index is 2.68. The molecule has 1 saturated carbocycles. The van der Waals surface area contributed by atoms with E-state index in [2.05, 4.69) is 0 Å². The standard InChI is InChI=1S/C15H22N2O/c1-3-17(4-2)14(18)15(10-13(15)11-16)12-8-6-5-7-9-12/h5-9,13H,3-4,10-11,16H2,1-2H3/t13-,15+/m0/s1/i5D,6D,7D,8D,9D. The minimum absolute atomic E-state index is 0.0934. The van der Waals surface area contributed by atoms with Crippen molar-refractivity contribution in [3.63, 3.8) is 0 Å². The van der Waals surface area contributed by atoms with E-state index in [1.54, 1.807) is 4.90 Å². The molecule has 0 heterocycles. The molecule has 2 N–H and O–H groups in total. The van der Waals surface area contributed by atoms with E-state index in [1.807, 2.05) is 13.8 Å². The van der Waals surface area contributed by atoms with Gasteiger partial charge in [0, 0.05) is 13.1 Å². The molecule has 3 heteroatoms. The SMILES string of the molecule is [2H]c1c([2H])c([2H])c([C@]2(C(=O)N(CC)CC)C[C@H]2CN)c([2H])c1[2H]. The van der Waals surface area contributed by atoms with Gasteiger partial charge in [0.2, 0.25) is 5.91 Å². The van der Waals surface area contributed by atoms with Crippen LogP contribution in [0.3, 0.4) is 0 Å². The van der Waals surface area contributed by atoms with E-state index in [4.69, 9.17) is 12.6 Å². The molecular formula is C15H22N2O. The van der Waals surface area contributed by atoms with Gasteiger partial charge in [0.25, 0.3) is 0 Å². The second-order valence-electron chi connectivity index (χ2n) is 4.59. The van der Waals surface area contributed by atoms with E-state index < -0.39 is 23.5 Å². The quantitative estimate of drug-likeness (QED) is 0.867. The number of nitrogens with two attached hydrogens (primary N) is 1. The average Bonchev–Trinajstić information content (AvgIpc) is 3.27. The number of hydrogen-bond donors (Lipinski definition) is 1. The Morgan fingerprint density at radius 1 is 1.44 bits per heavy atom. The highest BCUT2D eigenvalue weighted by Crippen LogP contribution is 2.54. The molecule has 0 bridgehead atoms. The third kappa shape index (κ3) is 1.93. The molecule has 0 aromatic heterocycles. The molecule has 0 unspecified atom stereocenters. The monoisotopic (exact) mass is 251 g/mol. The topological polar surface area (TPSA) is 46.3 Å². The Morgan fingerprint density at radius 3 is 2.50 bits per heavy atom. The summed E-state index contributed by atoms with van der Waals surface area (Å²) >= 11 is 0. The first-order valence-electron chi connectivity index (χ1n) is 8.84. The van der Waals surface area contributed by atoms with E-state index in [-0.39, 0.29) is 36.0 Å². The molecule has 98 valence electrons. The van der Waals surface area contributed by atoms with Gasteiger partial charge < -0.3 is 10.6 Å². The van der Waals surface area contributed by atoms with Gasteiger partial charge in [-0.3, -0.25) is 4.79 Å². The predicted octanol–water partition coefficient (Wildman–Crippen LogP) is 1.77. The maximum atomic E-state index is 13.0. The Kier molecular flexibility index (Phi) is 2.25. The summed E-state index contributed by atoms with van der Waals surface area (Å²) in [6, 6.07) is -1.86. The van der Waals surface area contributed by atoms with Crippen LogP contribution in [-0.2, 0) is 10.2 Å². The van der Waals surface area contributed by atoms with Gasteiger partial charge in [-0.1, -0.05) is 30.2 Å². The summed E-state index contributed by atoms with van der Waals surface area (Å²) in [5.74, 6) is -0.393. The largest absolute Gasteiger partial charge is 0.342 e. The van der Waals surface area contributed by atoms with Crippen LogP contribution in [0.15, 0.2) is 30.2 Å². The third-order valence-corrected chi connectivity index (χ3v) is 3.77. The molecule has 1 aliphatic rings. The maximum absolute atomic E-state index is 13.0. The molecule has 1 amide bonds. The summed E-state index contributed by atoms with van der Waals surface area (Å²) in [6.07, 6.45) is 0.423. The molecule has 18 heavy (non-hydrogen) atoms. The number of rotatable bonds is 5. The fourth-order valence-corrected chi connectivity index (χ4v) is 2.56. The van der Waals surface area contributed by atoms with Crippen LogP contribution in [-0.4, -0.2) is 30.4 Å². The highest BCUT2D eigenvalue weighted by atomic mass is 16.2. The zero-order valence-corrected chi connectivity index (χ0v) is 10.8. The van der Waals surface area contributed by atoms with Crippen LogP contribution in [0.4, 0.5) is 0 Å². The summed E-state index contributed by atoms with van der Waals surface area (Å²) < 4.78 is 39.7. The van der Waals surface area contributed by atoms with E-state index in [1.165, 1.54) is 0 Å². The Labute approximate surface area is 116 Å².